The highest BCUT2D eigenvalue weighted by molar-refractivity contribution is 8.00. The number of thiazole rings is 1. The van der Waals surface area contributed by atoms with Gasteiger partial charge in [-0.1, -0.05) is 12.1 Å². The van der Waals surface area contributed by atoms with Crippen molar-refractivity contribution in [3.8, 4) is 0 Å². The topological polar surface area (TPSA) is 191 Å². The number of carboxylic acids is 2. The van der Waals surface area contributed by atoms with E-state index in [9.17, 15) is 29.4 Å². The van der Waals surface area contributed by atoms with Crippen LogP contribution in [0.5, 0.6) is 0 Å². The number of carbonyl (C=O) groups is 4. The number of nitrogens with two attached hydrogens (primary N) is 1. The Labute approximate surface area is 241 Å². The standard InChI is InChI=1S/C24H26N6O7S3/c1-4-38-13-5-7-29(8-6-13)9-12-10-39-20-16(19(32)30(20)17(12)21(33)34)27-18(31)15(14-11-40-23(25)26-14)28-37-24(2,3)22(35)36/h5-8,11,16,20H,4,9-10H2,1-3H3,(H4-,25,26,27,31,33,34,35,36)/b28-15-. The van der Waals surface area contributed by atoms with Crippen molar-refractivity contribution in [3.05, 3.63) is 46.9 Å². The molecule has 4 rings (SSSR count). The van der Waals surface area contributed by atoms with Gasteiger partial charge in [-0.3, -0.25) is 14.5 Å². The number of carboxylic acid groups (broad SMARTS) is 2. The average Bonchev–Trinajstić information content (AvgIpc) is 3.33. The fourth-order valence-electron chi connectivity index (χ4n) is 3.83. The Hall–Kier alpha value is -3.63. The number of nitrogens with zero attached hydrogens (tertiary/aromatic N) is 4. The molecular formula is C24H26N6O7S3. The smallest absolute Gasteiger partial charge is 0.350 e. The van der Waals surface area contributed by atoms with Gasteiger partial charge in [0.05, 0.1) is 11.7 Å². The lowest BCUT2D eigenvalue weighted by Crippen LogP contribution is -2.71. The van der Waals surface area contributed by atoms with Crippen LogP contribution in [0.25, 0.3) is 0 Å². The van der Waals surface area contributed by atoms with E-state index in [1.54, 1.807) is 11.8 Å². The van der Waals surface area contributed by atoms with Crippen LogP contribution in [0.3, 0.4) is 0 Å². The molecule has 2 aliphatic heterocycles. The zero-order valence-electron chi connectivity index (χ0n) is 21.7. The molecular weight excluding hydrogens is 581 g/mol. The number of nitrogen functional groups attached to an aromatic ring is 1. The number of hydrogen-bond acceptors (Lipinski definition) is 12. The third-order valence-electron chi connectivity index (χ3n) is 5.93. The number of aliphatic carboxylic acids is 2. The molecule has 2 aromatic rings. The van der Waals surface area contributed by atoms with Gasteiger partial charge in [0.15, 0.2) is 29.8 Å². The summed E-state index contributed by atoms with van der Waals surface area (Å²) in [5, 5.41) is 28.6. The van der Waals surface area contributed by atoms with Crippen LogP contribution in [0.2, 0.25) is 0 Å². The quantitative estimate of drug-likeness (QED) is 0.101. The molecule has 2 amide bonds. The van der Waals surface area contributed by atoms with E-state index >= 15 is 0 Å². The average molecular weight is 607 g/mol. The molecule has 0 aliphatic carbocycles. The van der Waals surface area contributed by atoms with Gasteiger partial charge in [0, 0.05) is 33.7 Å². The van der Waals surface area contributed by atoms with Crippen LogP contribution in [-0.2, 0) is 30.6 Å². The van der Waals surface area contributed by atoms with E-state index in [-0.39, 0.29) is 28.8 Å². The molecule has 1 saturated heterocycles. The number of anilines is 1. The Balaban J connectivity index is 1.53. The lowest BCUT2D eigenvalue weighted by atomic mass is 10.0. The Kier molecular flexibility index (Phi) is 8.70. The van der Waals surface area contributed by atoms with Crippen molar-refractivity contribution in [3.63, 3.8) is 0 Å². The van der Waals surface area contributed by atoms with Crippen LogP contribution in [0.1, 0.15) is 26.5 Å². The maximum atomic E-state index is 13.2. The number of oxime groups is 1. The van der Waals surface area contributed by atoms with Gasteiger partial charge in [0.1, 0.15) is 17.1 Å². The van der Waals surface area contributed by atoms with Gasteiger partial charge in [-0.2, -0.15) is 0 Å². The minimum atomic E-state index is -1.76. The fraction of sp³-hybridized carbons (Fsp3) is 0.375. The predicted octanol–water partition coefficient (Wildman–Crippen LogP) is -0.187. The van der Waals surface area contributed by atoms with Gasteiger partial charge < -0.3 is 30.9 Å². The molecule has 4 heterocycles. The molecule has 0 saturated carbocycles. The molecule has 16 heteroatoms. The zero-order valence-corrected chi connectivity index (χ0v) is 24.1. The summed E-state index contributed by atoms with van der Waals surface area (Å²) in [6.07, 6.45) is 3.69. The zero-order chi connectivity index (χ0) is 29.2. The summed E-state index contributed by atoms with van der Waals surface area (Å²) in [7, 11) is 0. The molecule has 0 bridgehead atoms. The second kappa shape index (κ2) is 11.9. The van der Waals surface area contributed by atoms with E-state index in [1.807, 2.05) is 29.1 Å². The largest absolute Gasteiger partial charge is 0.543 e. The minimum absolute atomic E-state index is 0.0269. The molecule has 40 heavy (non-hydrogen) atoms. The molecule has 212 valence electrons. The van der Waals surface area contributed by atoms with Crippen molar-refractivity contribution in [2.45, 2.75) is 49.2 Å². The number of aromatic nitrogens is 2. The fourth-order valence-corrected chi connectivity index (χ4v) is 6.37. The number of carbonyl (C=O) groups excluding carboxylic acids is 3. The number of hydrogen-bond donors (Lipinski definition) is 3. The minimum Gasteiger partial charge on any atom is -0.543 e. The number of fused-ring (bicyclic) bond motifs is 1. The van der Waals surface area contributed by atoms with E-state index in [0.717, 1.165) is 26.9 Å². The highest BCUT2D eigenvalue weighted by atomic mass is 32.2. The van der Waals surface area contributed by atoms with Crippen molar-refractivity contribution in [1.82, 2.24) is 15.2 Å². The molecule has 13 nitrogen and oxygen atoms in total. The van der Waals surface area contributed by atoms with E-state index in [0.29, 0.717) is 11.3 Å². The van der Waals surface area contributed by atoms with Crippen LogP contribution in [-0.4, -0.2) is 73.0 Å². The van der Waals surface area contributed by atoms with Crippen LogP contribution < -0.4 is 20.7 Å². The summed E-state index contributed by atoms with van der Waals surface area (Å²) in [6.45, 7) is 4.80. The second-order valence-corrected chi connectivity index (χ2v) is 12.5. The highest BCUT2D eigenvalue weighted by Gasteiger charge is 2.53. The van der Waals surface area contributed by atoms with Crippen LogP contribution in [0.4, 0.5) is 5.13 Å². The number of rotatable bonds is 11. The van der Waals surface area contributed by atoms with Crippen molar-refractivity contribution < 1.29 is 38.8 Å². The van der Waals surface area contributed by atoms with Crippen molar-refractivity contribution in [1.29, 1.82) is 0 Å². The number of amides is 2. The van der Waals surface area contributed by atoms with Gasteiger partial charge in [-0.15, -0.1) is 34.9 Å². The number of pyridine rings is 1. The van der Waals surface area contributed by atoms with Gasteiger partial charge in [-0.25, -0.2) is 14.3 Å². The van der Waals surface area contributed by atoms with Gasteiger partial charge >= 0.3 is 5.97 Å². The predicted molar refractivity (Wildman–Crippen MR) is 146 cm³/mol. The third-order valence-corrected chi connectivity index (χ3v) is 8.84. The van der Waals surface area contributed by atoms with Crippen LogP contribution >= 0.6 is 34.9 Å². The van der Waals surface area contributed by atoms with Crippen molar-refractivity contribution in [2.75, 3.05) is 17.2 Å². The van der Waals surface area contributed by atoms with E-state index in [4.69, 9.17) is 10.6 Å². The van der Waals surface area contributed by atoms with Crippen LogP contribution in [0, 0.1) is 0 Å². The second-order valence-electron chi connectivity index (χ2n) is 9.16. The number of β-lactam (4-membered cyclic amide) rings is 1. The summed E-state index contributed by atoms with van der Waals surface area (Å²) in [4.78, 5) is 61.1. The third kappa shape index (κ3) is 6.08. The SMILES string of the molecule is CCSc1cc[n+](CC2=C(C(=O)[O-])N3C(=O)C(NC(=O)/C(=N\OC(C)(C)C(=O)O)c4csc(N)n4)C3SC2)cc1. The lowest BCUT2D eigenvalue weighted by molar-refractivity contribution is -0.689. The highest BCUT2D eigenvalue weighted by Crippen LogP contribution is 2.40. The molecule has 4 N–H and O–H groups in total. The molecule has 0 radical (unpaired) electrons. The normalized spacial score (nSPS) is 19.1. The Bertz CT molecular complexity index is 1410. The molecule has 2 aliphatic rings. The Morgan fingerprint density at radius 2 is 2.08 bits per heavy atom. The molecule has 1 fully saturated rings. The Morgan fingerprint density at radius 3 is 2.65 bits per heavy atom. The molecule has 2 atom stereocenters. The van der Waals surface area contributed by atoms with Gasteiger partial charge in [0.2, 0.25) is 5.60 Å². The lowest BCUT2D eigenvalue weighted by Gasteiger charge is -2.50. The molecule has 2 aromatic heterocycles. The van der Waals surface area contributed by atoms with Crippen LogP contribution in [0.15, 0.2) is 51.2 Å². The van der Waals surface area contributed by atoms with Crippen molar-refractivity contribution in [2.24, 2.45) is 5.16 Å². The van der Waals surface area contributed by atoms with Gasteiger partial charge in [-0.05, 0) is 19.6 Å². The maximum Gasteiger partial charge on any atom is 0.350 e. The van der Waals surface area contributed by atoms with Gasteiger partial charge in [0.25, 0.3) is 11.8 Å². The Morgan fingerprint density at radius 1 is 1.38 bits per heavy atom. The summed E-state index contributed by atoms with van der Waals surface area (Å²) in [5.74, 6) is -3.08. The number of nitrogens with one attached hydrogen (secondary N) is 1. The molecule has 0 spiro atoms. The van der Waals surface area contributed by atoms with Crippen molar-refractivity contribution >= 4 is 69.5 Å². The maximum absolute atomic E-state index is 13.2. The first kappa shape index (κ1) is 29.4. The van der Waals surface area contributed by atoms with E-state index in [1.165, 1.54) is 31.0 Å². The monoisotopic (exact) mass is 606 g/mol. The first-order valence-corrected chi connectivity index (χ1v) is 14.9. The first-order chi connectivity index (χ1) is 18.9. The summed E-state index contributed by atoms with van der Waals surface area (Å²) in [5.41, 5.74) is 3.86. The summed E-state index contributed by atoms with van der Waals surface area (Å²) >= 11 is 4.01. The molecule has 0 aromatic carbocycles. The summed E-state index contributed by atoms with van der Waals surface area (Å²) < 4.78 is 1.82. The van der Waals surface area contributed by atoms with E-state index < -0.39 is 40.8 Å². The first-order valence-electron chi connectivity index (χ1n) is 11.9. The molecule has 2 unspecified atom stereocenters. The summed E-state index contributed by atoms with van der Waals surface area (Å²) in [6, 6.07) is 2.80. The number of thioether (sulfide) groups is 2. The van der Waals surface area contributed by atoms with E-state index in [2.05, 4.69) is 22.4 Å².